The van der Waals surface area contributed by atoms with Gasteiger partial charge in [0.1, 0.15) is 5.69 Å². The predicted molar refractivity (Wildman–Crippen MR) is 99.8 cm³/mol. The Labute approximate surface area is 153 Å². The summed E-state index contributed by atoms with van der Waals surface area (Å²) in [5.41, 5.74) is 4.00. The van der Waals surface area contributed by atoms with Crippen LogP contribution in [0.2, 0.25) is 0 Å². The Hall–Kier alpha value is -3.81. The lowest BCUT2D eigenvalue weighted by Crippen LogP contribution is -2.21. The van der Waals surface area contributed by atoms with E-state index in [9.17, 15) is 14.4 Å². The van der Waals surface area contributed by atoms with Gasteiger partial charge in [0.15, 0.2) is 0 Å². The van der Waals surface area contributed by atoms with Gasteiger partial charge < -0.3 is 10.1 Å². The molecule has 1 aromatic heterocycles. The monoisotopic (exact) mass is 364 g/mol. The van der Waals surface area contributed by atoms with Crippen LogP contribution in [0.4, 0.5) is 0 Å². The second kappa shape index (κ2) is 8.05. The van der Waals surface area contributed by atoms with E-state index < -0.39 is 11.9 Å². The van der Waals surface area contributed by atoms with Crippen LogP contribution in [0.1, 0.15) is 28.0 Å². The highest BCUT2D eigenvalue weighted by molar-refractivity contribution is 5.98. The SMILES string of the molecule is O=C(CCc1nc2ccccc2[nH]c1=O)N/N=C/c1ccccc1C(=O)O. The number of rotatable bonds is 6. The standard InChI is InChI=1S/C19H16N4O4/c24-17(23-20-11-12-5-1-2-6-13(12)19(26)27)10-9-16-18(25)22-15-8-4-3-7-14(15)21-16/h1-8,11H,9-10H2,(H,22,25)(H,23,24)(H,26,27)/b20-11+. The Morgan fingerprint density at radius 3 is 2.70 bits per heavy atom. The van der Waals surface area contributed by atoms with Gasteiger partial charge in [0.25, 0.3) is 5.56 Å². The van der Waals surface area contributed by atoms with Crippen molar-refractivity contribution in [3.8, 4) is 0 Å². The van der Waals surface area contributed by atoms with Crippen LogP contribution in [0.15, 0.2) is 58.4 Å². The molecule has 0 saturated heterocycles. The summed E-state index contributed by atoms with van der Waals surface area (Å²) < 4.78 is 0. The largest absolute Gasteiger partial charge is 0.478 e. The highest BCUT2D eigenvalue weighted by Gasteiger charge is 2.09. The van der Waals surface area contributed by atoms with Crippen LogP contribution in [0, 0.1) is 0 Å². The summed E-state index contributed by atoms with van der Waals surface area (Å²) in [5.74, 6) is -1.49. The van der Waals surface area contributed by atoms with E-state index in [2.05, 4.69) is 20.5 Å². The number of carboxylic acid groups (broad SMARTS) is 1. The minimum absolute atomic E-state index is 0.0202. The first-order valence-electron chi connectivity index (χ1n) is 8.17. The number of aromatic amines is 1. The number of amides is 1. The molecule has 0 spiro atoms. The first-order chi connectivity index (χ1) is 13.0. The van der Waals surface area contributed by atoms with Gasteiger partial charge in [-0.05, 0) is 18.2 Å². The Bertz CT molecular complexity index is 1090. The van der Waals surface area contributed by atoms with Crippen molar-refractivity contribution < 1.29 is 14.7 Å². The molecule has 0 unspecified atom stereocenters. The summed E-state index contributed by atoms with van der Waals surface area (Å²) in [5, 5.41) is 12.9. The molecule has 0 radical (unpaired) electrons. The first-order valence-corrected chi connectivity index (χ1v) is 8.17. The summed E-state index contributed by atoms with van der Waals surface area (Å²) in [6, 6.07) is 13.5. The maximum atomic E-state index is 12.0. The van der Waals surface area contributed by atoms with Crippen molar-refractivity contribution in [3.63, 3.8) is 0 Å². The number of fused-ring (bicyclic) bond motifs is 1. The fraction of sp³-hybridized carbons (Fsp3) is 0.105. The molecule has 0 aliphatic carbocycles. The van der Waals surface area contributed by atoms with Crippen LogP contribution in [-0.4, -0.2) is 33.2 Å². The smallest absolute Gasteiger partial charge is 0.336 e. The molecule has 0 atom stereocenters. The molecule has 8 nitrogen and oxygen atoms in total. The second-order valence-corrected chi connectivity index (χ2v) is 5.72. The Balaban J connectivity index is 1.61. The van der Waals surface area contributed by atoms with E-state index in [-0.39, 0.29) is 29.7 Å². The van der Waals surface area contributed by atoms with Crippen molar-refractivity contribution in [3.05, 3.63) is 75.7 Å². The highest BCUT2D eigenvalue weighted by atomic mass is 16.4. The van der Waals surface area contributed by atoms with Crippen LogP contribution in [0.25, 0.3) is 11.0 Å². The summed E-state index contributed by atoms with van der Waals surface area (Å²) in [6.07, 6.45) is 1.45. The number of hydrazone groups is 1. The Morgan fingerprint density at radius 1 is 1.15 bits per heavy atom. The van der Waals surface area contributed by atoms with Crippen LogP contribution in [-0.2, 0) is 11.2 Å². The lowest BCUT2D eigenvalue weighted by molar-refractivity contribution is -0.121. The topological polar surface area (TPSA) is 125 Å². The van der Waals surface area contributed by atoms with Gasteiger partial charge in [0.05, 0.1) is 22.8 Å². The molecular weight excluding hydrogens is 348 g/mol. The van der Waals surface area contributed by atoms with E-state index in [1.54, 1.807) is 36.4 Å². The van der Waals surface area contributed by atoms with Gasteiger partial charge in [-0.15, -0.1) is 0 Å². The molecule has 2 aromatic carbocycles. The highest BCUT2D eigenvalue weighted by Crippen LogP contribution is 2.07. The van der Waals surface area contributed by atoms with Gasteiger partial charge in [0.2, 0.25) is 5.91 Å². The number of carbonyl (C=O) groups is 2. The third-order valence-electron chi connectivity index (χ3n) is 3.84. The minimum Gasteiger partial charge on any atom is -0.478 e. The van der Waals surface area contributed by atoms with E-state index >= 15 is 0 Å². The molecule has 0 saturated carbocycles. The molecule has 1 heterocycles. The zero-order chi connectivity index (χ0) is 19.2. The maximum Gasteiger partial charge on any atom is 0.336 e. The van der Waals surface area contributed by atoms with Crippen molar-refractivity contribution in [1.82, 2.24) is 15.4 Å². The third kappa shape index (κ3) is 4.43. The quantitative estimate of drug-likeness (QED) is 0.454. The molecule has 136 valence electrons. The first kappa shape index (κ1) is 18.0. The van der Waals surface area contributed by atoms with Crippen LogP contribution in [0.3, 0.4) is 0 Å². The summed E-state index contributed by atoms with van der Waals surface area (Å²) in [6.45, 7) is 0. The van der Waals surface area contributed by atoms with Crippen molar-refractivity contribution >= 4 is 29.1 Å². The number of H-pyrrole nitrogens is 1. The number of hydrogen-bond acceptors (Lipinski definition) is 5. The number of aryl methyl sites for hydroxylation is 1. The number of para-hydroxylation sites is 2. The summed E-state index contributed by atoms with van der Waals surface area (Å²) >= 11 is 0. The lowest BCUT2D eigenvalue weighted by atomic mass is 10.1. The van der Waals surface area contributed by atoms with E-state index in [1.165, 1.54) is 12.3 Å². The van der Waals surface area contributed by atoms with Crippen molar-refractivity contribution in [2.45, 2.75) is 12.8 Å². The summed E-state index contributed by atoms with van der Waals surface area (Å²) in [7, 11) is 0. The van der Waals surface area contributed by atoms with Gasteiger partial charge >= 0.3 is 5.97 Å². The molecule has 27 heavy (non-hydrogen) atoms. The average Bonchev–Trinajstić information content (AvgIpc) is 2.66. The normalized spacial score (nSPS) is 11.0. The zero-order valence-corrected chi connectivity index (χ0v) is 14.2. The molecule has 3 aromatic rings. The number of nitrogens with zero attached hydrogens (tertiary/aromatic N) is 2. The van der Waals surface area contributed by atoms with Crippen molar-refractivity contribution in [2.24, 2.45) is 5.10 Å². The number of benzene rings is 2. The van der Waals surface area contributed by atoms with Gasteiger partial charge in [-0.25, -0.2) is 15.2 Å². The fourth-order valence-electron chi connectivity index (χ4n) is 2.50. The van der Waals surface area contributed by atoms with Crippen LogP contribution in [0.5, 0.6) is 0 Å². The molecule has 0 fully saturated rings. The maximum absolute atomic E-state index is 12.0. The Kier molecular flexibility index (Phi) is 5.36. The Morgan fingerprint density at radius 2 is 1.89 bits per heavy atom. The third-order valence-corrected chi connectivity index (χ3v) is 3.84. The lowest BCUT2D eigenvalue weighted by Gasteiger charge is -2.03. The number of hydrogen-bond donors (Lipinski definition) is 3. The van der Waals surface area contributed by atoms with Gasteiger partial charge in [0, 0.05) is 18.4 Å². The number of aromatic carboxylic acids is 1. The summed E-state index contributed by atoms with van der Waals surface area (Å²) in [4.78, 5) is 42.1. The van der Waals surface area contributed by atoms with E-state index in [0.717, 1.165) is 0 Å². The fourth-order valence-corrected chi connectivity index (χ4v) is 2.50. The van der Waals surface area contributed by atoms with E-state index in [0.29, 0.717) is 16.6 Å². The van der Waals surface area contributed by atoms with Gasteiger partial charge in [-0.2, -0.15) is 5.10 Å². The van der Waals surface area contributed by atoms with Gasteiger partial charge in [-0.1, -0.05) is 30.3 Å². The van der Waals surface area contributed by atoms with Crippen molar-refractivity contribution in [2.75, 3.05) is 0 Å². The van der Waals surface area contributed by atoms with Crippen LogP contribution >= 0.6 is 0 Å². The van der Waals surface area contributed by atoms with Gasteiger partial charge in [-0.3, -0.25) is 9.59 Å². The average molecular weight is 364 g/mol. The molecule has 3 N–H and O–H groups in total. The second-order valence-electron chi connectivity index (χ2n) is 5.72. The molecule has 0 aliphatic rings. The zero-order valence-electron chi connectivity index (χ0n) is 14.2. The van der Waals surface area contributed by atoms with Crippen LogP contribution < -0.4 is 11.0 Å². The van der Waals surface area contributed by atoms with Crippen molar-refractivity contribution in [1.29, 1.82) is 0 Å². The molecule has 0 aliphatic heterocycles. The molecule has 8 heteroatoms. The number of aromatic nitrogens is 2. The predicted octanol–water partition coefficient (Wildman–Crippen LogP) is 1.70. The molecule has 3 rings (SSSR count). The minimum atomic E-state index is -1.08. The van der Waals surface area contributed by atoms with E-state index in [1.807, 2.05) is 6.07 Å². The van der Waals surface area contributed by atoms with E-state index in [4.69, 9.17) is 5.11 Å². The number of carbonyl (C=O) groups excluding carboxylic acids is 1. The molecular formula is C19H16N4O4. The molecule has 1 amide bonds. The number of carboxylic acids is 1. The number of nitrogens with one attached hydrogen (secondary N) is 2. The molecule has 0 bridgehead atoms.